The molecule has 120 valence electrons. The maximum absolute atomic E-state index is 12.6. The zero-order chi connectivity index (χ0) is 16.0. The first-order valence-electron chi connectivity index (χ1n) is 7.18. The number of rotatable bonds is 8. The van der Waals surface area contributed by atoms with Crippen LogP contribution in [0.1, 0.15) is 39.2 Å². The third kappa shape index (κ3) is 4.34. The molecule has 0 saturated carbocycles. The lowest BCUT2D eigenvalue weighted by atomic mass is 10.2. The Morgan fingerprint density at radius 3 is 2.52 bits per heavy atom. The van der Waals surface area contributed by atoms with Crippen LogP contribution in [0.25, 0.3) is 0 Å². The Kier molecular flexibility index (Phi) is 6.97. The summed E-state index contributed by atoms with van der Waals surface area (Å²) >= 11 is 5.91. The summed E-state index contributed by atoms with van der Waals surface area (Å²) in [6, 6.07) is 4.82. The van der Waals surface area contributed by atoms with Crippen LogP contribution in [0, 0.1) is 0 Å². The van der Waals surface area contributed by atoms with Crippen molar-refractivity contribution >= 4 is 21.6 Å². The monoisotopic (exact) mass is 333 g/mol. The van der Waals surface area contributed by atoms with Crippen molar-refractivity contribution in [3.8, 4) is 5.75 Å². The first-order valence-corrected chi connectivity index (χ1v) is 9.15. The van der Waals surface area contributed by atoms with E-state index in [9.17, 15) is 8.42 Å². The minimum Gasteiger partial charge on any atom is -0.493 e. The van der Waals surface area contributed by atoms with Gasteiger partial charge < -0.3 is 4.74 Å². The third-order valence-electron chi connectivity index (χ3n) is 3.53. The average molecular weight is 334 g/mol. The maximum atomic E-state index is 12.6. The van der Waals surface area contributed by atoms with Crippen LogP contribution in [0.2, 0.25) is 0 Å². The lowest BCUT2D eigenvalue weighted by Crippen LogP contribution is -2.34. The predicted octanol–water partition coefficient (Wildman–Crippen LogP) is 3.63. The number of hydrogen-bond donors (Lipinski definition) is 0. The Morgan fingerprint density at radius 2 is 2.00 bits per heavy atom. The second kappa shape index (κ2) is 8.01. The number of sulfonamides is 1. The molecule has 0 amide bonds. The van der Waals surface area contributed by atoms with Gasteiger partial charge in [-0.3, -0.25) is 0 Å². The molecule has 0 bridgehead atoms. The SMILES string of the molecule is CCCOc1ccc(S(=O)(=O)N(C)C(C)CC)cc1CCl. The molecule has 0 fully saturated rings. The fraction of sp³-hybridized carbons (Fsp3) is 0.600. The highest BCUT2D eigenvalue weighted by atomic mass is 35.5. The topological polar surface area (TPSA) is 46.6 Å². The van der Waals surface area contributed by atoms with Gasteiger partial charge in [0.1, 0.15) is 5.75 Å². The molecular formula is C15H24ClNO3S. The first kappa shape index (κ1) is 18.3. The van der Waals surface area contributed by atoms with Crippen molar-refractivity contribution in [2.75, 3.05) is 13.7 Å². The minimum atomic E-state index is -3.50. The van der Waals surface area contributed by atoms with E-state index in [1.807, 2.05) is 20.8 Å². The number of ether oxygens (including phenoxy) is 1. The van der Waals surface area contributed by atoms with E-state index in [1.165, 1.54) is 4.31 Å². The Labute approximate surface area is 133 Å². The van der Waals surface area contributed by atoms with Crippen LogP contribution in [0.5, 0.6) is 5.75 Å². The molecule has 0 aliphatic carbocycles. The molecule has 0 aliphatic rings. The molecule has 0 heterocycles. The van der Waals surface area contributed by atoms with Gasteiger partial charge in [-0.05, 0) is 38.0 Å². The van der Waals surface area contributed by atoms with Gasteiger partial charge >= 0.3 is 0 Å². The molecule has 4 nitrogen and oxygen atoms in total. The maximum Gasteiger partial charge on any atom is 0.243 e. The number of alkyl halides is 1. The summed E-state index contributed by atoms with van der Waals surface area (Å²) in [7, 11) is -1.90. The van der Waals surface area contributed by atoms with Crippen LogP contribution in [0.4, 0.5) is 0 Å². The van der Waals surface area contributed by atoms with E-state index in [1.54, 1.807) is 25.2 Å². The van der Waals surface area contributed by atoms with Crippen LogP contribution in [0.15, 0.2) is 23.1 Å². The van der Waals surface area contributed by atoms with Gasteiger partial charge in [0.25, 0.3) is 0 Å². The molecule has 0 aromatic heterocycles. The van der Waals surface area contributed by atoms with Gasteiger partial charge in [-0.15, -0.1) is 11.6 Å². The first-order chi connectivity index (χ1) is 9.88. The number of halogens is 1. The fourth-order valence-electron chi connectivity index (χ4n) is 1.83. The molecule has 1 unspecified atom stereocenters. The predicted molar refractivity (Wildman–Crippen MR) is 86.5 cm³/mol. The van der Waals surface area contributed by atoms with Crippen molar-refractivity contribution in [2.24, 2.45) is 0 Å². The Balaban J connectivity index is 3.14. The molecule has 0 N–H and O–H groups in total. The highest BCUT2D eigenvalue weighted by Gasteiger charge is 2.25. The highest BCUT2D eigenvalue weighted by Crippen LogP contribution is 2.26. The summed E-state index contributed by atoms with van der Waals surface area (Å²) in [6.07, 6.45) is 1.65. The lowest BCUT2D eigenvalue weighted by Gasteiger charge is -2.23. The van der Waals surface area contributed by atoms with Crippen molar-refractivity contribution < 1.29 is 13.2 Å². The number of nitrogens with zero attached hydrogens (tertiary/aromatic N) is 1. The van der Waals surface area contributed by atoms with Crippen LogP contribution in [0.3, 0.4) is 0 Å². The van der Waals surface area contributed by atoms with E-state index in [0.717, 1.165) is 12.8 Å². The minimum absolute atomic E-state index is 0.0505. The Morgan fingerprint density at radius 1 is 1.33 bits per heavy atom. The van der Waals surface area contributed by atoms with Crippen molar-refractivity contribution in [3.05, 3.63) is 23.8 Å². The summed E-state index contributed by atoms with van der Waals surface area (Å²) < 4.78 is 32.1. The molecule has 0 saturated heterocycles. The normalized spacial score (nSPS) is 13.4. The van der Waals surface area contributed by atoms with Crippen molar-refractivity contribution in [3.63, 3.8) is 0 Å². The van der Waals surface area contributed by atoms with Crippen molar-refractivity contribution in [1.82, 2.24) is 4.31 Å². The van der Waals surface area contributed by atoms with Gasteiger partial charge in [0.2, 0.25) is 10.0 Å². The zero-order valence-electron chi connectivity index (χ0n) is 13.1. The van der Waals surface area contributed by atoms with Gasteiger partial charge in [0.05, 0.1) is 17.4 Å². The van der Waals surface area contributed by atoms with E-state index in [4.69, 9.17) is 16.3 Å². The standard InChI is InChI=1S/C15H24ClNO3S/c1-5-9-20-15-8-7-14(10-13(15)11-16)21(18,19)17(4)12(3)6-2/h7-8,10,12H,5-6,9,11H2,1-4H3. The summed E-state index contributed by atoms with van der Waals surface area (Å²) in [6.45, 7) is 6.45. The fourth-order valence-corrected chi connectivity index (χ4v) is 3.53. The summed E-state index contributed by atoms with van der Waals surface area (Å²) in [5.41, 5.74) is 0.698. The summed E-state index contributed by atoms with van der Waals surface area (Å²) in [5, 5.41) is 0. The van der Waals surface area contributed by atoms with Gasteiger partial charge in [0, 0.05) is 18.7 Å². The molecule has 1 rings (SSSR count). The smallest absolute Gasteiger partial charge is 0.243 e. The van der Waals surface area contributed by atoms with Gasteiger partial charge in [0.15, 0.2) is 0 Å². The number of hydrogen-bond acceptors (Lipinski definition) is 3. The van der Waals surface area contributed by atoms with E-state index in [2.05, 4.69) is 0 Å². The second-order valence-electron chi connectivity index (χ2n) is 5.03. The molecule has 1 aromatic rings. The summed E-state index contributed by atoms with van der Waals surface area (Å²) in [5.74, 6) is 0.868. The van der Waals surface area contributed by atoms with E-state index < -0.39 is 10.0 Å². The molecule has 1 aromatic carbocycles. The quantitative estimate of drug-likeness (QED) is 0.682. The van der Waals surface area contributed by atoms with E-state index >= 15 is 0 Å². The Hall–Kier alpha value is -0.780. The number of benzene rings is 1. The molecule has 21 heavy (non-hydrogen) atoms. The van der Waals surface area contributed by atoms with Crippen molar-refractivity contribution in [1.29, 1.82) is 0 Å². The molecular weight excluding hydrogens is 310 g/mol. The van der Waals surface area contributed by atoms with Crippen LogP contribution < -0.4 is 4.74 Å². The highest BCUT2D eigenvalue weighted by molar-refractivity contribution is 7.89. The van der Waals surface area contributed by atoms with Crippen molar-refractivity contribution in [2.45, 2.75) is 50.4 Å². The van der Waals surface area contributed by atoms with Gasteiger partial charge in [-0.1, -0.05) is 13.8 Å². The van der Waals surface area contributed by atoms with Crippen LogP contribution >= 0.6 is 11.6 Å². The van der Waals surface area contributed by atoms with E-state index in [0.29, 0.717) is 17.9 Å². The lowest BCUT2D eigenvalue weighted by molar-refractivity contribution is 0.314. The van der Waals surface area contributed by atoms with Gasteiger partial charge in [-0.2, -0.15) is 4.31 Å². The second-order valence-corrected chi connectivity index (χ2v) is 7.29. The molecule has 0 radical (unpaired) electrons. The molecule has 0 spiro atoms. The van der Waals surface area contributed by atoms with E-state index in [-0.39, 0.29) is 16.8 Å². The average Bonchev–Trinajstić information content (AvgIpc) is 2.50. The largest absolute Gasteiger partial charge is 0.493 e. The summed E-state index contributed by atoms with van der Waals surface area (Å²) in [4.78, 5) is 0.254. The molecule has 0 aliphatic heterocycles. The van der Waals surface area contributed by atoms with Crippen LogP contribution in [-0.2, 0) is 15.9 Å². The molecule has 6 heteroatoms. The Bertz CT molecular complexity index is 560. The van der Waals surface area contributed by atoms with Crippen LogP contribution in [-0.4, -0.2) is 32.4 Å². The molecule has 1 atom stereocenters. The third-order valence-corrected chi connectivity index (χ3v) is 5.78. The zero-order valence-corrected chi connectivity index (χ0v) is 14.7. The van der Waals surface area contributed by atoms with Gasteiger partial charge in [-0.25, -0.2) is 8.42 Å².